The van der Waals surface area contributed by atoms with E-state index >= 15 is 0 Å². The predicted octanol–water partition coefficient (Wildman–Crippen LogP) is 0.0809. The maximum atomic E-state index is 13.4. The number of carbonyl (C=O) groups excluding carboxylic acids is 4. The predicted molar refractivity (Wildman–Crippen MR) is 96.1 cm³/mol. The van der Waals surface area contributed by atoms with E-state index in [2.05, 4.69) is 10.6 Å². The van der Waals surface area contributed by atoms with Crippen molar-refractivity contribution in [1.82, 2.24) is 10.2 Å². The number of imide groups is 1. The Kier molecular flexibility index (Phi) is 3.52. The standard InChI is InChI=1S/C19H22N4O4/c1-18(2,3)23-15(25)13-11(8-12(20)24)22-19(14(13)16(23)26)9-6-4-5-7-10(9)21-17(19)27/h4-7,11,13-14,22H,8H2,1-3H3,(H2,20,24)(H,21,27)/t11-,13+,14-,19-/m0/s1. The number of hydrogen-bond acceptors (Lipinski definition) is 5. The monoisotopic (exact) mass is 370 g/mol. The van der Waals surface area contributed by atoms with Gasteiger partial charge < -0.3 is 11.1 Å². The van der Waals surface area contributed by atoms with Crippen LogP contribution >= 0.6 is 0 Å². The molecular weight excluding hydrogens is 348 g/mol. The van der Waals surface area contributed by atoms with Crippen LogP contribution in [0.4, 0.5) is 5.69 Å². The zero-order chi connectivity index (χ0) is 19.7. The fourth-order valence-corrected chi connectivity index (χ4v) is 4.81. The number of amides is 4. The molecule has 27 heavy (non-hydrogen) atoms. The number of primary amides is 1. The molecule has 2 saturated heterocycles. The number of fused-ring (bicyclic) bond motifs is 4. The van der Waals surface area contributed by atoms with Crippen molar-refractivity contribution in [1.29, 1.82) is 0 Å². The summed E-state index contributed by atoms with van der Waals surface area (Å²) in [5.41, 5.74) is 4.49. The molecule has 0 bridgehead atoms. The Morgan fingerprint density at radius 3 is 2.48 bits per heavy atom. The molecule has 1 spiro atoms. The van der Waals surface area contributed by atoms with Gasteiger partial charge in [0.2, 0.25) is 23.6 Å². The van der Waals surface area contributed by atoms with Crippen molar-refractivity contribution < 1.29 is 19.2 Å². The van der Waals surface area contributed by atoms with Crippen LogP contribution in [-0.2, 0) is 24.7 Å². The van der Waals surface area contributed by atoms with Crippen LogP contribution in [0.5, 0.6) is 0 Å². The Morgan fingerprint density at radius 2 is 1.85 bits per heavy atom. The minimum Gasteiger partial charge on any atom is -0.370 e. The number of nitrogens with zero attached hydrogens (tertiary/aromatic N) is 1. The molecule has 0 aliphatic carbocycles. The van der Waals surface area contributed by atoms with E-state index in [1.54, 1.807) is 45.0 Å². The Hall–Kier alpha value is -2.74. The summed E-state index contributed by atoms with van der Waals surface area (Å²) in [7, 11) is 0. The summed E-state index contributed by atoms with van der Waals surface area (Å²) in [4.78, 5) is 52.4. The van der Waals surface area contributed by atoms with Crippen LogP contribution in [0, 0.1) is 11.8 Å². The van der Waals surface area contributed by atoms with E-state index in [0.29, 0.717) is 11.3 Å². The molecule has 8 nitrogen and oxygen atoms in total. The first-order valence-electron chi connectivity index (χ1n) is 8.94. The van der Waals surface area contributed by atoms with Gasteiger partial charge in [0.1, 0.15) is 5.54 Å². The highest BCUT2D eigenvalue weighted by molar-refractivity contribution is 6.15. The lowest BCUT2D eigenvalue weighted by molar-refractivity contribution is -0.147. The number of anilines is 1. The van der Waals surface area contributed by atoms with E-state index in [0.717, 1.165) is 0 Å². The summed E-state index contributed by atoms with van der Waals surface area (Å²) >= 11 is 0. The summed E-state index contributed by atoms with van der Waals surface area (Å²) in [5, 5.41) is 5.96. The van der Waals surface area contributed by atoms with E-state index in [9.17, 15) is 19.2 Å². The lowest BCUT2D eigenvalue weighted by Crippen LogP contribution is -2.56. The van der Waals surface area contributed by atoms with Crippen LogP contribution in [0.2, 0.25) is 0 Å². The van der Waals surface area contributed by atoms with Crippen molar-refractivity contribution in [3.63, 3.8) is 0 Å². The Morgan fingerprint density at radius 1 is 1.19 bits per heavy atom. The lowest BCUT2D eigenvalue weighted by Gasteiger charge is -2.34. The van der Waals surface area contributed by atoms with Crippen molar-refractivity contribution in [2.24, 2.45) is 17.6 Å². The first kappa shape index (κ1) is 17.7. The third-order valence-electron chi connectivity index (χ3n) is 5.71. The second kappa shape index (κ2) is 5.39. The first-order chi connectivity index (χ1) is 12.6. The van der Waals surface area contributed by atoms with E-state index in [-0.39, 0.29) is 18.2 Å². The number of carbonyl (C=O) groups is 4. The van der Waals surface area contributed by atoms with Crippen molar-refractivity contribution in [2.45, 2.75) is 44.3 Å². The smallest absolute Gasteiger partial charge is 0.250 e. The van der Waals surface area contributed by atoms with E-state index < -0.39 is 40.8 Å². The third kappa shape index (κ3) is 2.19. The molecule has 4 rings (SSSR count). The number of hydrogen-bond donors (Lipinski definition) is 3. The molecule has 4 amide bonds. The highest BCUT2D eigenvalue weighted by Gasteiger charge is 2.71. The van der Waals surface area contributed by atoms with Crippen LogP contribution in [0.15, 0.2) is 24.3 Å². The molecular formula is C19H22N4O4. The van der Waals surface area contributed by atoms with Gasteiger partial charge in [0.05, 0.1) is 11.8 Å². The Bertz CT molecular complexity index is 890. The van der Waals surface area contributed by atoms with Gasteiger partial charge in [-0.15, -0.1) is 0 Å². The average Bonchev–Trinajstić information content (AvgIpc) is 3.12. The van der Waals surface area contributed by atoms with E-state index in [1.807, 2.05) is 0 Å². The van der Waals surface area contributed by atoms with Gasteiger partial charge in [-0.2, -0.15) is 0 Å². The van der Waals surface area contributed by atoms with E-state index in [1.165, 1.54) is 4.90 Å². The minimum atomic E-state index is -1.38. The Balaban J connectivity index is 1.91. The Labute approximate surface area is 156 Å². The van der Waals surface area contributed by atoms with Gasteiger partial charge >= 0.3 is 0 Å². The fraction of sp³-hybridized carbons (Fsp3) is 0.474. The molecule has 0 radical (unpaired) electrons. The number of para-hydroxylation sites is 1. The van der Waals surface area contributed by atoms with Gasteiger partial charge in [-0.05, 0) is 26.8 Å². The summed E-state index contributed by atoms with van der Waals surface area (Å²) in [6.45, 7) is 5.32. The maximum absolute atomic E-state index is 13.4. The number of rotatable bonds is 2. The van der Waals surface area contributed by atoms with Crippen molar-refractivity contribution in [3.05, 3.63) is 29.8 Å². The molecule has 8 heteroatoms. The summed E-state index contributed by atoms with van der Waals surface area (Å²) in [6.07, 6.45) is -0.130. The topological polar surface area (TPSA) is 122 Å². The second-order valence-corrected chi connectivity index (χ2v) is 8.42. The molecule has 1 aromatic carbocycles. The quantitative estimate of drug-likeness (QED) is 0.637. The van der Waals surface area contributed by atoms with Crippen molar-refractivity contribution >= 4 is 29.3 Å². The first-order valence-corrected chi connectivity index (χ1v) is 8.94. The van der Waals surface area contributed by atoms with Crippen molar-refractivity contribution in [3.8, 4) is 0 Å². The third-order valence-corrected chi connectivity index (χ3v) is 5.71. The van der Waals surface area contributed by atoms with Crippen LogP contribution in [0.1, 0.15) is 32.8 Å². The van der Waals surface area contributed by atoms with Gasteiger partial charge in [0.25, 0.3) is 0 Å². The van der Waals surface area contributed by atoms with Gasteiger partial charge in [-0.3, -0.25) is 29.4 Å². The van der Waals surface area contributed by atoms with Gasteiger partial charge in [-0.25, -0.2) is 0 Å². The number of benzene rings is 1. The number of nitrogens with two attached hydrogens (primary N) is 1. The summed E-state index contributed by atoms with van der Waals surface area (Å²) < 4.78 is 0. The minimum absolute atomic E-state index is 0.130. The largest absolute Gasteiger partial charge is 0.370 e. The maximum Gasteiger partial charge on any atom is 0.250 e. The summed E-state index contributed by atoms with van der Waals surface area (Å²) in [5.74, 6) is -3.49. The SMILES string of the molecule is CC(C)(C)N1C(=O)[C@@H]2[C@H](CC(N)=O)N[C@]3(C(=O)Nc4ccccc43)[C@@H]2C1=O. The zero-order valence-corrected chi connectivity index (χ0v) is 15.4. The van der Waals surface area contributed by atoms with Crippen LogP contribution in [0.3, 0.4) is 0 Å². The molecule has 0 unspecified atom stereocenters. The molecule has 4 N–H and O–H groups in total. The summed E-state index contributed by atoms with van der Waals surface area (Å²) in [6, 6.07) is 6.40. The normalized spacial score (nSPS) is 32.0. The zero-order valence-electron chi connectivity index (χ0n) is 15.4. The molecule has 4 atom stereocenters. The highest BCUT2D eigenvalue weighted by Crippen LogP contribution is 2.54. The molecule has 0 aromatic heterocycles. The molecule has 3 aliphatic heterocycles. The van der Waals surface area contributed by atoms with Crippen molar-refractivity contribution in [2.75, 3.05) is 5.32 Å². The molecule has 3 aliphatic rings. The second-order valence-electron chi connectivity index (χ2n) is 8.42. The van der Waals surface area contributed by atoms with Crippen LogP contribution < -0.4 is 16.4 Å². The average molecular weight is 370 g/mol. The highest BCUT2D eigenvalue weighted by atomic mass is 16.2. The number of nitrogens with one attached hydrogen (secondary N) is 2. The molecule has 2 fully saturated rings. The molecule has 3 heterocycles. The van der Waals surface area contributed by atoms with Gasteiger partial charge in [0.15, 0.2) is 0 Å². The number of likely N-dealkylation sites (tertiary alicyclic amines) is 1. The van der Waals surface area contributed by atoms with Gasteiger partial charge in [-0.1, -0.05) is 18.2 Å². The van der Waals surface area contributed by atoms with E-state index in [4.69, 9.17) is 5.73 Å². The van der Waals surface area contributed by atoms with Crippen LogP contribution in [0.25, 0.3) is 0 Å². The fourth-order valence-electron chi connectivity index (χ4n) is 4.81. The molecule has 142 valence electrons. The molecule has 1 aromatic rings. The van der Waals surface area contributed by atoms with Crippen LogP contribution in [-0.4, -0.2) is 40.1 Å². The lowest BCUT2D eigenvalue weighted by atomic mass is 9.76. The van der Waals surface area contributed by atoms with Gasteiger partial charge in [0, 0.05) is 29.3 Å². The molecule has 0 saturated carbocycles.